The maximum Gasteiger partial charge on any atom is 0.195 e. The van der Waals surface area contributed by atoms with Crippen molar-refractivity contribution in [2.24, 2.45) is 12.0 Å². The fourth-order valence-corrected chi connectivity index (χ4v) is 2.69. The van der Waals surface area contributed by atoms with Gasteiger partial charge >= 0.3 is 0 Å². The lowest BCUT2D eigenvalue weighted by molar-refractivity contribution is 0.944. The number of aryl methyl sites for hydroxylation is 3. The molecule has 1 aliphatic rings. The van der Waals surface area contributed by atoms with Crippen molar-refractivity contribution in [2.75, 3.05) is 18.4 Å². The van der Waals surface area contributed by atoms with Crippen LogP contribution >= 0.6 is 0 Å². The Kier molecular flexibility index (Phi) is 2.89. The van der Waals surface area contributed by atoms with Gasteiger partial charge < -0.3 is 15.2 Å². The number of fused-ring (bicyclic) bond motifs is 1. The van der Waals surface area contributed by atoms with Gasteiger partial charge in [0.15, 0.2) is 5.96 Å². The van der Waals surface area contributed by atoms with Crippen molar-refractivity contribution in [3.05, 3.63) is 23.5 Å². The predicted octanol–water partition coefficient (Wildman–Crippen LogP) is 1.82. The molecule has 0 saturated heterocycles. The second-order valence-corrected chi connectivity index (χ2v) is 4.91. The maximum absolute atomic E-state index is 4.55. The van der Waals surface area contributed by atoms with Crippen LogP contribution in [0.2, 0.25) is 0 Å². The SMILES string of the molecule is CCc1c(NC2=NCCN2)cc(C)c2c1ncn2C. The van der Waals surface area contributed by atoms with Crippen LogP contribution in [0, 0.1) is 6.92 Å². The van der Waals surface area contributed by atoms with E-state index in [1.807, 2.05) is 13.4 Å². The Balaban J connectivity index is 2.13. The van der Waals surface area contributed by atoms with E-state index in [1.54, 1.807) is 0 Å². The largest absolute Gasteiger partial charge is 0.354 e. The molecule has 2 heterocycles. The van der Waals surface area contributed by atoms with Crippen LogP contribution in [0.25, 0.3) is 11.0 Å². The second-order valence-electron chi connectivity index (χ2n) is 4.91. The molecule has 2 aromatic rings. The maximum atomic E-state index is 4.55. The molecule has 0 saturated carbocycles. The molecule has 0 bridgehead atoms. The predicted molar refractivity (Wildman–Crippen MR) is 78.8 cm³/mol. The summed E-state index contributed by atoms with van der Waals surface area (Å²) in [6.45, 7) is 6.04. The third-order valence-electron chi connectivity index (χ3n) is 3.56. The molecular weight excluding hydrogens is 238 g/mol. The van der Waals surface area contributed by atoms with Crippen LogP contribution in [0.4, 0.5) is 5.69 Å². The van der Waals surface area contributed by atoms with Crippen molar-refractivity contribution < 1.29 is 0 Å². The number of hydrogen-bond donors (Lipinski definition) is 2. The topological polar surface area (TPSA) is 54.2 Å². The Hall–Kier alpha value is -2.04. The van der Waals surface area contributed by atoms with Gasteiger partial charge in [-0.2, -0.15) is 0 Å². The Bertz CT molecular complexity index is 653. The van der Waals surface area contributed by atoms with Gasteiger partial charge in [-0.05, 0) is 25.0 Å². The number of nitrogens with one attached hydrogen (secondary N) is 2. The van der Waals surface area contributed by atoms with E-state index in [9.17, 15) is 0 Å². The molecule has 100 valence electrons. The number of guanidine groups is 1. The fourth-order valence-electron chi connectivity index (χ4n) is 2.69. The first-order valence-corrected chi connectivity index (χ1v) is 6.69. The summed E-state index contributed by atoms with van der Waals surface area (Å²) in [7, 11) is 2.04. The highest BCUT2D eigenvalue weighted by Gasteiger charge is 2.14. The van der Waals surface area contributed by atoms with E-state index in [4.69, 9.17) is 0 Å². The van der Waals surface area contributed by atoms with Gasteiger partial charge in [0, 0.05) is 24.8 Å². The molecule has 0 unspecified atom stereocenters. The van der Waals surface area contributed by atoms with Crippen molar-refractivity contribution >= 4 is 22.7 Å². The Morgan fingerprint density at radius 1 is 1.47 bits per heavy atom. The van der Waals surface area contributed by atoms with Gasteiger partial charge in [-0.3, -0.25) is 4.99 Å². The van der Waals surface area contributed by atoms with E-state index in [0.717, 1.165) is 36.7 Å². The number of aromatic nitrogens is 2. The van der Waals surface area contributed by atoms with Crippen molar-refractivity contribution in [1.82, 2.24) is 14.9 Å². The Morgan fingerprint density at radius 2 is 2.32 bits per heavy atom. The molecule has 0 amide bonds. The van der Waals surface area contributed by atoms with Crippen LogP contribution in [0.3, 0.4) is 0 Å². The summed E-state index contributed by atoms with van der Waals surface area (Å²) in [5, 5.41) is 6.63. The van der Waals surface area contributed by atoms with E-state index >= 15 is 0 Å². The summed E-state index contributed by atoms with van der Waals surface area (Å²) in [4.78, 5) is 8.94. The van der Waals surface area contributed by atoms with Gasteiger partial charge in [0.25, 0.3) is 0 Å². The van der Waals surface area contributed by atoms with Crippen LogP contribution in [-0.4, -0.2) is 28.6 Å². The van der Waals surface area contributed by atoms with Gasteiger partial charge in [-0.1, -0.05) is 6.92 Å². The highest BCUT2D eigenvalue weighted by Crippen LogP contribution is 2.28. The molecule has 1 aliphatic heterocycles. The smallest absolute Gasteiger partial charge is 0.195 e. The van der Waals surface area contributed by atoms with Crippen molar-refractivity contribution in [3.8, 4) is 0 Å². The lowest BCUT2D eigenvalue weighted by atomic mass is 10.0. The molecule has 1 aromatic heterocycles. The number of benzene rings is 1. The first-order chi connectivity index (χ1) is 9.20. The third kappa shape index (κ3) is 1.95. The summed E-state index contributed by atoms with van der Waals surface area (Å²) >= 11 is 0. The molecule has 0 aliphatic carbocycles. The molecule has 19 heavy (non-hydrogen) atoms. The fraction of sp³-hybridized carbons (Fsp3) is 0.429. The van der Waals surface area contributed by atoms with Gasteiger partial charge in [-0.25, -0.2) is 4.98 Å². The van der Waals surface area contributed by atoms with Crippen LogP contribution in [0.1, 0.15) is 18.1 Å². The minimum atomic E-state index is 0.842. The number of hydrogen-bond acceptors (Lipinski definition) is 4. The van der Waals surface area contributed by atoms with E-state index in [2.05, 4.69) is 45.1 Å². The third-order valence-corrected chi connectivity index (χ3v) is 3.56. The summed E-state index contributed by atoms with van der Waals surface area (Å²) in [6.07, 6.45) is 2.83. The number of imidazole rings is 1. The Morgan fingerprint density at radius 3 is 3.00 bits per heavy atom. The highest BCUT2D eigenvalue weighted by atomic mass is 15.2. The van der Waals surface area contributed by atoms with Gasteiger partial charge in [0.05, 0.1) is 23.9 Å². The molecule has 0 radical (unpaired) electrons. The first kappa shape index (κ1) is 12.0. The summed E-state index contributed by atoms with van der Waals surface area (Å²) in [6, 6.07) is 2.19. The lowest BCUT2D eigenvalue weighted by Crippen LogP contribution is -2.26. The number of rotatable bonds is 2. The normalized spacial score (nSPS) is 14.6. The van der Waals surface area contributed by atoms with Crippen LogP contribution in [0.15, 0.2) is 17.4 Å². The monoisotopic (exact) mass is 257 g/mol. The molecule has 2 N–H and O–H groups in total. The van der Waals surface area contributed by atoms with E-state index in [1.165, 1.54) is 16.6 Å². The first-order valence-electron chi connectivity index (χ1n) is 6.69. The standard InChI is InChI=1S/C14H19N5/c1-4-10-11(18-14-15-5-6-16-14)7-9(2)13-12(10)17-8-19(13)3/h7-8H,4-6H2,1-3H3,(H2,15,16,18). The molecule has 0 atom stereocenters. The molecular formula is C14H19N5. The van der Waals surface area contributed by atoms with Gasteiger partial charge in [0.2, 0.25) is 0 Å². The van der Waals surface area contributed by atoms with Crippen molar-refractivity contribution in [1.29, 1.82) is 0 Å². The zero-order chi connectivity index (χ0) is 13.4. The van der Waals surface area contributed by atoms with Gasteiger partial charge in [-0.15, -0.1) is 0 Å². The zero-order valence-corrected chi connectivity index (χ0v) is 11.6. The minimum absolute atomic E-state index is 0.842. The van der Waals surface area contributed by atoms with Gasteiger partial charge in [0.1, 0.15) is 0 Å². The number of aliphatic imine (C=N–C) groups is 1. The van der Waals surface area contributed by atoms with Crippen molar-refractivity contribution in [2.45, 2.75) is 20.3 Å². The summed E-state index contributed by atoms with van der Waals surface area (Å²) in [5.41, 5.74) is 5.89. The Labute approximate surface area is 112 Å². The molecule has 5 heteroatoms. The number of nitrogens with zero attached hydrogens (tertiary/aromatic N) is 3. The van der Waals surface area contributed by atoms with Crippen molar-refractivity contribution in [3.63, 3.8) is 0 Å². The van der Waals surface area contributed by atoms with E-state index in [-0.39, 0.29) is 0 Å². The molecule has 5 nitrogen and oxygen atoms in total. The van der Waals surface area contributed by atoms with Crippen LogP contribution in [0.5, 0.6) is 0 Å². The number of anilines is 1. The van der Waals surface area contributed by atoms with Crippen LogP contribution < -0.4 is 10.6 Å². The average Bonchev–Trinajstić information content (AvgIpc) is 3.00. The summed E-state index contributed by atoms with van der Waals surface area (Å²) < 4.78 is 2.08. The lowest BCUT2D eigenvalue weighted by Gasteiger charge is -2.14. The second kappa shape index (κ2) is 4.57. The average molecular weight is 257 g/mol. The minimum Gasteiger partial charge on any atom is -0.354 e. The van der Waals surface area contributed by atoms with E-state index in [0.29, 0.717) is 0 Å². The summed E-state index contributed by atoms with van der Waals surface area (Å²) in [5.74, 6) is 0.865. The molecule has 1 aromatic carbocycles. The zero-order valence-electron chi connectivity index (χ0n) is 11.6. The molecule has 0 fully saturated rings. The highest BCUT2D eigenvalue weighted by molar-refractivity contribution is 5.98. The molecule has 3 rings (SSSR count). The molecule has 0 spiro atoms. The quantitative estimate of drug-likeness (QED) is 0.862. The van der Waals surface area contributed by atoms with Crippen LogP contribution in [-0.2, 0) is 13.5 Å². The van der Waals surface area contributed by atoms with E-state index < -0.39 is 0 Å².